The summed E-state index contributed by atoms with van der Waals surface area (Å²) >= 11 is 10.1. The zero-order chi connectivity index (χ0) is 50.5. The maximum atomic E-state index is 12.1. The van der Waals surface area contributed by atoms with Crippen molar-refractivity contribution in [3.8, 4) is 17.2 Å². The lowest BCUT2D eigenvalue weighted by Gasteiger charge is -2.07. The van der Waals surface area contributed by atoms with Gasteiger partial charge in [0.25, 0.3) is 12.6 Å². The van der Waals surface area contributed by atoms with E-state index in [4.69, 9.17) is 54.0 Å². The number of pyridine rings is 2. The molecule has 3 aromatic carbocycles. The Bertz CT molecular complexity index is 2610. The molecule has 68 heavy (non-hydrogen) atoms. The quantitative estimate of drug-likeness (QED) is 0.0379. The molecule has 5 N–H and O–H groups in total. The van der Waals surface area contributed by atoms with E-state index in [1.165, 1.54) is 74.1 Å². The number of nitrogens with zero attached hydrogens (tertiary/aromatic N) is 2. The van der Waals surface area contributed by atoms with Gasteiger partial charge in [0.05, 0.1) is 5.56 Å². The van der Waals surface area contributed by atoms with Crippen LogP contribution in [0.25, 0.3) is 0 Å². The van der Waals surface area contributed by atoms with Crippen LogP contribution in [0.15, 0.2) is 122 Å². The molecule has 0 spiro atoms. The molecule has 0 atom stereocenters. The molecule has 0 saturated carbocycles. The second-order valence-corrected chi connectivity index (χ2v) is 14.5. The SMILES string of the molecule is CC(=O)Oc1ccccc1C(=O)O.CC(=O)Oc1ccccc1C(=O)OCCl.CC(=O)Oc1ccccc1C(=O)OC[n+]1cccc(C(N)=O)c1.NC(=O)c1cccnc1.O=S(=O)(Cl)OCCl.[I-]. The number of amides is 2. The number of nitrogens with two attached hydrogens (primary N) is 2. The van der Waals surface area contributed by atoms with Crippen molar-refractivity contribution in [2.24, 2.45) is 11.5 Å². The molecule has 0 bridgehead atoms. The summed E-state index contributed by atoms with van der Waals surface area (Å²) in [6.07, 6.45) is 6.11. The van der Waals surface area contributed by atoms with Crippen LogP contribution in [-0.4, -0.2) is 78.3 Å². The van der Waals surface area contributed by atoms with Gasteiger partial charge < -0.3 is 64.2 Å². The number of alkyl halides is 2. The molecule has 2 amide bonds. The molecule has 0 aliphatic heterocycles. The van der Waals surface area contributed by atoms with E-state index >= 15 is 0 Å². The van der Waals surface area contributed by atoms with Gasteiger partial charge in [-0.05, 0) is 54.6 Å². The minimum absolute atomic E-state index is 0. The molecule has 0 saturated heterocycles. The predicted octanol–water partition coefficient (Wildman–Crippen LogP) is 1.96. The number of hydrogen-bond donors (Lipinski definition) is 3. The Morgan fingerprint density at radius 2 is 1.04 bits per heavy atom. The van der Waals surface area contributed by atoms with Crippen molar-refractivity contribution in [1.82, 2.24) is 4.98 Å². The fourth-order valence-electron chi connectivity index (χ4n) is 4.29. The topological polar surface area (TPSA) is 315 Å². The fourth-order valence-corrected chi connectivity index (χ4v) is 5.12. The van der Waals surface area contributed by atoms with Crippen LogP contribution in [0.5, 0.6) is 17.2 Å². The number of carbonyl (C=O) groups is 8. The Kier molecular flexibility index (Phi) is 29.6. The number of carboxylic acid groups (broad SMARTS) is 1. The van der Waals surface area contributed by atoms with E-state index in [0.29, 0.717) is 11.1 Å². The Morgan fingerprint density at radius 1 is 0.618 bits per heavy atom. The van der Waals surface area contributed by atoms with E-state index in [2.05, 4.69) is 29.3 Å². The number of para-hydroxylation sites is 3. The Hall–Kier alpha value is -6.77. The molecule has 21 nitrogen and oxygen atoms in total. The van der Waals surface area contributed by atoms with Gasteiger partial charge in [0.1, 0.15) is 45.6 Å². The lowest BCUT2D eigenvalue weighted by molar-refractivity contribution is -0.727. The van der Waals surface area contributed by atoms with Crippen LogP contribution in [0.1, 0.15) is 72.6 Å². The van der Waals surface area contributed by atoms with E-state index in [-0.39, 0.29) is 70.7 Å². The molecule has 0 radical (unpaired) electrons. The molecular weight excluding hydrogens is 1100 g/mol. The van der Waals surface area contributed by atoms with E-state index in [9.17, 15) is 46.8 Å². The van der Waals surface area contributed by atoms with Crippen molar-refractivity contribution >= 4 is 90.8 Å². The number of aromatic carboxylic acids is 1. The second-order valence-electron chi connectivity index (χ2n) is 11.9. The lowest BCUT2D eigenvalue weighted by Crippen LogP contribution is -3.00. The molecule has 26 heteroatoms. The summed E-state index contributed by atoms with van der Waals surface area (Å²) in [5.74, 6) is -4.61. The molecule has 2 heterocycles. The molecule has 0 unspecified atom stereocenters. The molecule has 5 rings (SSSR count). The molecule has 0 aliphatic rings. The van der Waals surface area contributed by atoms with Gasteiger partial charge in [-0.2, -0.15) is 13.0 Å². The highest BCUT2D eigenvalue weighted by Crippen LogP contribution is 2.21. The fraction of sp³-hybridized carbons (Fsp3) is 0.143. The summed E-state index contributed by atoms with van der Waals surface area (Å²) in [6.45, 7) is 3.60. The molecular formula is C42H40Cl3IN4O17S. The van der Waals surface area contributed by atoms with Gasteiger partial charge in [-0.25, -0.2) is 18.6 Å². The van der Waals surface area contributed by atoms with Crippen LogP contribution in [0.4, 0.5) is 0 Å². The Morgan fingerprint density at radius 3 is 1.40 bits per heavy atom. The number of aromatic nitrogens is 2. The van der Waals surface area contributed by atoms with E-state index < -0.39 is 63.0 Å². The third-order valence-electron chi connectivity index (χ3n) is 6.90. The second kappa shape index (κ2) is 32.8. The minimum Gasteiger partial charge on any atom is -1.00 e. The first-order valence-corrected chi connectivity index (χ1v) is 21.5. The standard InChI is InChI=1S/C16H14N2O5.C10H9ClO4.C9H8O4.C6H6N2O.CH2Cl2O3S.HI/c1-11(19)23-14-7-3-2-6-13(14)16(21)22-10-18-8-4-5-12(9-18)15(17)20;1-7(12)15-9-5-3-2-4-8(9)10(13)14-6-11;1-6(10)13-8-5-3-2-4-7(8)9(11)12;7-6(9)5-2-1-3-8-4-5;2-1-6-7(3,4)5;/h2-9H,10H2,1H3,(H-,17,20);2-5H,6H2,1H3;2-5H,1H3,(H,11,12);1-4H,(H2,7,9);1H2;1H. The Balaban J connectivity index is 0.000000873. The highest BCUT2D eigenvalue weighted by Gasteiger charge is 2.18. The maximum absolute atomic E-state index is 12.1. The largest absolute Gasteiger partial charge is 1.00 e. The highest BCUT2D eigenvalue weighted by atomic mass is 127. The maximum Gasteiger partial charge on any atom is 0.356 e. The molecule has 0 aliphatic carbocycles. The van der Waals surface area contributed by atoms with Gasteiger partial charge >= 0.3 is 45.1 Å². The molecule has 364 valence electrons. The lowest BCUT2D eigenvalue weighted by atomic mass is 10.2. The number of halogens is 4. The van der Waals surface area contributed by atoms with Crippen molar-refractivity contribution in [1.29, 1.82) is 0 Å². The number of carboxylic acids is 1. The van der Waals surface area contributed by atoms with Crippen LogP contribution < -0.4 is 54.2 Å². The van der Waals surface area contributed by atoms with E-state index in [1.54, 1.807) is 73.1 Å². The van der Waals surface area contributed by atoms with Crippen molar-refractivity contribution in [2.75, 3.05) is 12.1 Å². The first-order valence-electron chi connectivity index (χ1n) is 18.2. The molecule has 2 aromatic heterocycles. The van der Waals surface area contributed by atoms with Gasteiger partial charge in [-0.15, -0.1) is 0 Å². The van der Waals surface area contributed by atoms with Crippen LogP contribution in [0, 0.1) is 0 Å². The summed E-state index contributed by atoms with van der Waals surface area (Å²) in [6, 6.07) is 24.3. The van der Waals surface area contributed by atoms with Crippen LogP contribution in [0.2, 0.25) is 0 Å². The average Bonchev–Trinajstić information content (AvgIpc) is 3.26. The van der Waals surface area contributed by atoms with Crippen LogP contribution in [0.3, 0.4) is 0 Å². The number of hydrogen-bond acceptors (Lipinski definition) is 17. The number of esters is 5. The smallest absolute Gasteiger partial charge is 0.356 e. The number of primary amides is 2. The third-order valence-corrected chi connectivity index (χ3v) is 7.91. The van der Waals surface area contributed by atoms with Crippen molar-refractivity contribution in [3.05, 3.63) is 150 Å². The normalized spacial score (nSPS) is 9.62. The summed E-state index contributed by atoms with van der Waals surface area (Å²) in [7, 11) is 0.665. The summed E-state index contributed by atoms with van der Waals surface area (Å²) in [5, 5.41) is 8.69. The monoisotopic (exact) mass is 1140 g/mol. The Labute approximate surface area is 419 Å². The summed E-state index contributed by atoms with van der Waals surface area (Å²) in [5.41, 5.74) is 11.2. The van der Waals surface area contributed by atoms with Gasteiger partial charge in [-0.3, -0.25) is 29.0 Å². The van der Waals surface area contributed by atoms with E-state index in [1.807, 2.05) is 0 Å². The molecule has 5 aromatic rings. The average molecular weight is 1140 g/mol. The van der Waals surface area contributed by atoms with Gasteiger partial charge in [-0.1, -0.05) is 59.6 Å². The third kappa shape index (κ3) is 25.8. The minimum atomic E-state index is -3.83. The number of ether oxygens (including phenoxy) is 5. The van der Waals surface area contributed by atoms with Crippen molar-refractivity contribution in [3.63, 3.8) is 0 Å². The van der Waals surface area contributed by atoms with Crippen molar-refractivity contribution in [2.45, 2.75) is 27.5 Å². The van der Waals surface area contributed by atoms with Crippen LogP contribution >= 0.6 is 33.9 Å². The zero-order valence-corrected chi connectivity index (χ0v) is 40.9. The zero-order valence-electron chi connectivity index (χ0n) is 35.6. The van der Waals surface area contributed by atoms with Gasteiger partial charge in [0.15, 0.2) is 18.5 Å². The van der Waals surface area contributed by atoms with Gasteiger partial charge in [0.2, 0.25) is 5.91 Å². The number of carbonyl (C=O) groups excluding carboxylic acids is 7. The van der Waals surface area contributed by atoms with Gasteiger partial charge in [0, 0.05) is 49.9 Å². The first-order chi connectivity index (χ1) is 31.6. The summed E-state index contributed by atoms with van der Waals surface area (Å²) in [4.78, 5) is 91.6. The number of rotatable bonds is 13. The van der Waals surface area contributed by atoms with Crippen LogP contribution in [-0.2, 0) is 44.1 Å². The van der Waals surface area contributed by atoms with Crippen molar-refractivity contribution < 1.29 is 108 Å². The number of benzene rings is 3. The molecule has 0 fully saturated rings. The van der Waals surface area contributed by atoms with E-state index in [0.717, 1.165) is 0 Å². The summed E-state index contributed by atoms with van der Waals surface area (Å²) < 4.78 is 48.8. The first kappa shape index (κ1) is 61.2. The highest BCUT2D eigenvalue weighted by molar-refractivity contribution is 8.10. The predicted molar refractivity (Wildman–Crippen MR) is 236 cm³/mol.